The molecule has 0 saturated heterocycles. The molecule has 0 aliphatic carbocycles. The van der Waals surface area contributed by atoms with Gasteiger partial charge in [-0.05, 0) is 70.4 Å². The molecular formula is C24H17BrClFN2O2. The molecule has 31 heavy (non-hydrogen) atoms. The highest BCUT2D eigenvalue weighted by Gasteiger charge is 2.13. The maximum absolute atomic E-state index is 13.7. The van der Waals surface area contributed by atoms with Crippen molar-refractivity contribution in [1.82, 2.24) is 0 Å². The molecule has 4 nitrogen and oxygen atoms in total. The molecular weight excluding hydrogens is 483 g/mol. The molecule has 1 amide bonds. The van der Waals surface area contributed by atoms with Crippen LogP contribution in [0.25, 0.3) is 6.08 Å². The molecule has 0 bridgehead atoms. The zero-order chi connectivity index (χ0) is 22.4. The van der Waals surface area contributed by atoms with Crippen molar-refractivity contribution < 1.29 is 13.9 Å². The molecule has 0 heterocycles. The third-order valence-electron chi connectivity index (χ3n) is 4.49. The Labute approximate surface area is 193 Å². The Kier molecular flexibility index (Phi) is 7.45. The van der Waals surface area contributed by atoms with E-state index in [0.29, 0.717) is 37.6 Å². The third kappa shape index (κ3) is 5.72. The Morgan fingerprint density at radius 3 is 2.71 bits per heavy atom. The van der Waals surface area contributed by atoms with Crippen molar-refractivity contribution in [3.8, 4) is 11.8 Å². The lowest BCUT2D eigenvalue weighted by Crippen LogP contribution is -2.14. The summed E-state index contributed by atoms with van der Waals surface area (Å²) < 4.78 is 20.0. The van der Waals surface area contributed by atoms with Gasteiger partial charge in [0.15, 0.2) is 0 Å². The van der Waals surface area contributed by atoms with E-state index in [9.17, 15) is 14.4 Å². The first-order chi connectivity index (χ1) is 14.9. The number of nitriles is 1. The lowest BCUT2D eigenvalue weighted by molar-refractivity contribution is -0.112. The van der Waals surface area contributed by atoms with Crippen molar-refractivity contribution in [2.75, 3.05) is 5.32 Å². The highest BCUT2D eigenvalue weighted by atomic mass is 79.9. The van der Waals surface area contributed by atoms with Gasteiger partial charge in [0.25, 0.3) is 5.91 Å². The van der Waals surface area contributed by atoms with Gasteiger partial charge in [0.05, 0.1) is 4.47 Å². The quantitative estimate of drug-likeness (QED) is 0.304. The molecule has 3 aromatic rings. The Morgan fingerprint density at radius 2 is 2.00 bits per heavy atom. The minimum Gasteiger partial charge on any atom is -0.488 e. The predicted molar refractivity (Wildman–Crippen MR) is 123 cm³/mol. The minimum atomic E-state index is -0.538. The van der Waals surface area contributed by atoms with Gasteiger partial charge in [-0.25, -0.2) is 4.39 Å². The van der Waals surface area contributed by atoms with Crippen LogP contribution in [0, 0.1) is 24.1 Å². The highest BCUT2D eigenvalue weighted by molar-refractivity contribution is 9.10. The number of amides is 1. The van der Waals surface area contributed by atoms with Crippen LogP contribution in [0.4, 0.5) is 10.1 Å². The SMILES string of the molecule is Cc1c(Cl)cccc1NC(=O)/C(C#N)=C\c1ccc(OCc2ccccc2F)c(Br)c1. The number of nitrogens with one attached hydrogen (secondary N) is 1. The van der Waals surface area contributed by atoms with Crippen molar-refractivity contribution >= 4 is 45.2 Å². The minimum absolute atomic E-state index is 0.0636. The van der Waals surface area contributed by atoms with Gasteiger partial charge >= 0.3 is 0 Å². The van der Waals surface area contributed by atoms with E-state index in [1.54, 1.807) is 61.5 Å². The number of carbonyl (C=O) groups is 1. The van der Waals surface area contributed by atoms with Crippen molar-refractivity contribution in [1.29, 1.82) is 5.26 Å². The smallest absolute Gasteiger partial charge is 0.266 e. The summed E-state index contributed by atoms with van der Waals surface area (Å²) in [5.41, 5.74) is 2.26. The molecule has 0 aromatic heterocycles. The number of hydrogen-bond acceptors (Lipinski definition) is 3. The standard InChI is InChI=1S/C24H17BrClFN2O2/c1-15-20(26)6-4-8-22(15)29-24(30)18(13-28)11-16-9-10-23(19(25)12-16)31-14-17-5-2-3-7-21(17)27/h2-12H,14H2,1H3,(H,29,30)/b18-11-. The fourth-order valence-corrected chi connectivity index (χ4v) is 3.43. The third-order valence-corrected chi connectivity index (χ3v) is 5.52. The van der Waals surface area contributed by atoms with Crippen LogP contribution in [-0.4, -0.2) is 5.91 Å². The number of benzene rings is 3. The second-order valence-electron chi connectivity index (χ2n) is 6.61. The van der Waals surface area contributed by atoms with Crippen LogP contribution in [0.1, 0.15) is 16.7 Å². The molecule has 0 saturated carbocycles. The van der Waals surface area contributed by atoms with E-state index < -0.39 is 5.91 Å². The molecule has 0 aliphatic heterocycles. The average Bonchev–Trinajstić information content (AvgIpc) is 2.75. The first kappa shape index (κ1) is 22.5. The van der Waals surface area contributed by atoms with Crippen LogP contribution in [0.5, 0.6) is 5.75 Å². The average molecular weight is 500 g/mol. The van der Waals surface area contributed by atoms with Crippen molar-refractivity contribution in [3.05, 3.63) is 98.2 Å². The monoisotopic (exact) mass is 498 g/mol. The van der Waals surface area contributed by atoms with E-state index in [1.807, 2.05) is 6.07 Å². The number of rotatable bonds is 6. The topological polar surface area (TPSA) is 62.1 Å². The number of anilines is 1. The summed E-state index contributed by atoms with van der Waals surface area (Å²) in [6.07, 6.45) is 1.47. The van der Waals surface area contributed by atoms with Crippen LogP contribution >= 0.6 is 27.5 Å². The normalized spacial score (nSPS) is 11.0. The summed E-state index contributed by atoms with van der Waals surface area (Å²) in [5.74, 6) is -0.362. The van der Waals surface area contributed by atoms with Crippen LogP contribution < -0.4 is 10.1 Å². The Hall–Kier alpha value is -3.14. The number of halogens is 3. The summed E-state index contributed by atoms with van der Waals surface area (Å²) in [7, 11) is 0. The lowest BCUT2D eigenvalue weighted by atomic mass is 10.1. The van der Waals surface area contributed by atoms with Crippen molar-refractivity contribution in [2.24, 2.45) is 0 Å². The van der Waals surface area contributed by atoms with Gasteiger partial charge in [-0.15, -0.1) is 0 Å². The highest BCUT2D eigenvalue weighted by Crippen LogP contribution is 2.28. The van der Waals surface area contributed by atoms with Crippen molar-refractivity contribution in [3.63, 3.8) is 0 Å². The van der Waals surface area contributed by atoms with E-state index in [2.05, 4.69) is 21.2 Å². The fraction of sp³-hybridized carbons (Fsp3) is 0.0833. The Balaban J connectivity index is 1.74. The number of nitrogens with zero attached hydrogens (tertiary/aromatic N) is 1. The Morgan fingerprint density at radius 1 is 1.23 bits per heavy atom. The number of ether oxygens (including phenoxy) is 1. The summed E-state index contributed by atoms with van der Waals surface area (Å²) in [4.78, 5) is 12.5. The Bertz CT molecular complexity index is 1200. The molecule has 0 atom stereocenters. The first-order valence-electron chi connectivity index (χ1n) is 9.23. The number of carbonyl (C=O) groups excluding carboxylic acids is 1. The van der Waals surface area contributed by atoms with Gasteiger partial charge in [0.1, 0.15) is 29.8 Å². The largest absolute Gasteiger partial charge is 0.488 e. The van der Waals surface area contributed by atoms with Gasteiger partial charge in [-0.2, -0.15) is 5.26 Å². The van der Waals surface area contributed by atoms with Crippen molar-refractivity contribution in [2.45, 2.75) is 13.5 Å². The second kappa shape index (κ2) is 10.3. The molecule has 7 heteroatoms. The lowest BCUT2D eigenvalue weighted by Gasteiger charge is -2.10. The molecule has 3 aromatic carbocycles. The van der Waals surface area contributed by atoms with Crippen LogP contribution in [0.3, 0.4) is 0 Å². The second-order valence-corrected chi connectivity index (χ2v) is 7.87. The van der Waals surface area contributed by atoms with Gasteiger partial charge in [0.2, 0.25) is 0 Å². The zero-order valence-corrected chi connectivity index (χ0v) is 18.8. The van der Waals surface area contributed by atoms with Crippen LogP contribution in [-0.2, 0) is 11.4 Å². The molecule has 0 aliphatic rings. The maximum Gasteiger partial charge on any atom is 0.266 e. The summed E-state index contributed by atoms with van der Waals surface area (Å²) in [6, 6.07) is 18.6. The molecule has 0 spiro atoms. The van der Waals surface area contributed by atoms with Crippen LogP contribution in [0.2, 0.25) is 5.02 Å². The fourth-order valence-electron chi connectivity index (χ4n) is 2.74. The van der Waals surface area contributed by atoms with E-state index in [0.717, 1.165) is 0 Å². The molecule has 1 N–H and O–H groups in total. The van der Waals surface area contributed by atoms with E-state index in [-0.39, 0.29) is 18.0 Å². The molecule has 0 fully saturated rings. The van der Waals surface area contributed by atoms with Gasteiger partial charge in [0, 0.05) is 16.3 Å². The van der Waals surface area contributed by atoms with E-state index in [1.165, 1.54) is 12.1 Å². The molecule has 3 rings (SSSR count). The van der Waals surface area contributed by atoms with Crippen LogP contribution in [0.15, 0.2) is 70.7 Å². The zero-order valence-electron chi connectivity index (χ0n) is 16.5. The molecule has 0 unspecified atom stereocenters. The summed E-state index contributed by atoms with van der Waals surface area (Å²) in [6.45, 7) is 1.86. The summed E-state index contributed by atoms with van der Waals surface area (Å²) in [5, 5.41) is 12.7. The predicted octanol–water partition coefficient (Wildman–Crippen LogP) is 6.67. The van der Waals surface area contributed by atoms with Gasteiger partial charge < -0.3 is 10.1 Å². The summed E-state index contributed by atoms with van der Waals surface area (Å²) >= 11 is 9.49. The maximum atomic E-state index is 13.7. The molecule has 156 valence electrons. The van der Waals surface area contributed by atoms with Gasteiger partial charge in [-0.3, -0.25) is 4.79 Å². The number of hydrogen-bond donors (Lipinski definition) is 1. The van der Waals surface area contributed by atoms with Gasteiger partial charge in [-0.1, -0.05) is 41.9 Å². The van der Waals surface area contributed by atoms with E-state index >= 15 is 0 Å². The molecule has 0 radical (unpaired) electrons. The first-order valence-corrected chi connectivity index (χ1v) is 10.4. The van der Waals surface area contributed by atoms with E-state index in [4.69, 9.17) is 16.3 Å².